The number of rotatable bonds is 5. The molecule has 1 aromatic carbocycles. The molecule has 0 aliphatic heterocycles. The predicted molar refractivity (Wildman–Crippen MR) is 77.7 cm³/mol. The largest absolute Gasteiger partial charge is 0.478 e. The fraction of sp³-hybridized carbons (Fsp3) is 0.154. The van der Waals surface area contributed by atoms with Gasteiger partial charge in [-0.2, -0.15) is 0 Å². The van der Waals surface area contributed by atoms with Gasteiger partial charge in [-0.1, -0.05) is 35.3 Å². The summed E-state index contributed by atoms with van der Waals surface area (Å²) in [7, 11) is 0. The number of aliphatic carboxylic acids is 1. The Balaban J connectivity index is 2.20. The number of benzene rings is 1. The lowest BCUT2D eigenvalue weighted by molar-refractivity contribution is -0.141. The van der Waals surface area contributed by atoms with E-state index in [2.05, 4.69) is 0 Å². The van der Waals surface area contributed by atoms with E-state index in [0.29, 0.717) is 5.56 Å². The summed E-state index contributed by atoms with van der Waals surface area (Å²) in [6.45, 7) is 0. The first-order valence-electron chi connectivity index (χ1n) is 5.53. The topological polar surface area (TPSA) is 66.8 Å². The Bertz CT molecular complexity index is 600. The second-order valence-corrected chi connectivity index (χ2v) is 5.66. The number of halogens is 2. The van der Waals surface area contributed by atoms with E-state index in [4.69, 9.17) is 33.0 Å². The van der Waals surface area contributed by atoms with E-state index in [1.165, 1.54) is 23.5 Å². The molecule has 4 nitrogen and oxygen atoms in total. The number of aliphatic hydroxyl groups excluding tert-OH is 1. The standard InChI is InChI=1S/C13H10Cl2O4S/c14-9-6-7(19-12(15)13(17)18)3-4-8(9)11(16)10-2-1-5-20-10/h1-6,11-12,16H,(H,17,18). The molecular formula is C13H10Cl2O4S. The molecule has 0 fully saturated rings. The highest BCUT2D eigenvalue weighted by molar-refractivity contribution is 7.10. The van der Waals surface area contributed by atoms with Crippen LogP contribution in [0.5, 0.6) is 5.75 Å². The number of carboxylic acids is 1. The van der Waals surface area contributed by atoms with Gasteiger partial charge in [0.05, 0.1) is 5.02 Å². The lowest BCUT2D eigenvalue weighted by Crippen LogP contribution is -2.20. The number of ether oxygens (including phenoxy) is 1. The van der Waals surface area contributed by atoms with Gasteiger partial charge in [-0.05, 0) is 23.6 Å². The highest BCUT2D eigenvalue weighted by atomic mass is 35.5. The fourth-order valence-electron chi connectivity index (χ4n) is 1.57. The van der Waals surface area contributed by atoms with E-state index in [-0.39, 0.29) is 10.8 Å². The van der Waals surface area contributed by atoms with Crippen molar-refractivity contribution in [2.24, 2.45) is 0 Å². The Hall–Kier alpha value is -1.27. The third-order valence-electron chi connectivity index (χ3n) is 2.51. The third-order valence-corrected chi connectivity index (χ3v) is 4.04. The zero-order valence-corrected chi connectivity index (χ0v) is 12.3. The summed E-state index contributed by atoms with van der Waals surface area (Å²) in [5, 5.41) is 21.0. The van der Waals surface area contributed by atoms with Crippen LogP contribution in [0.15, 0.2) is 35.7 Å². The number of carbonyl (C=O) groups is 1. The van der Waals surface area contributed by atoms with E-state index in [1.54, 1.807) is 12.1 Å². The molecular weight excluding hydrogens is 323 g/mol. The van der Waals surface area contributed by atoms with Gasteiger partial charge >= 0.3 is 5.97 Å². The van der Waals surface area contributed by atoms with Crippen molar-refractivity contribution < 1.29 is 19.7 Å². The van der Waals surface area contributed by atoms with Crippen LogP contribution in [0.3, 0.4) is 0 Å². The van der Waals surface area contributed by atoms with Gasteiger partial charge in [-0.25, -0.2) is 4.79 Å². The Morgan fingerprint density at radius 1 is 1.35 bits per heavy atom. The molecule has 2 atom stereocenters. The molecule has 1 aromatic heterocycles. The lowest BCUT2D eigenvalue weighted by atomic mass is 10.1. The quantitative estimate of drug-likeness (QED) is 0.822. The molecule has 1 heterocycles. The molecule has 20 heavy (non-hydrogen) atoms. The molecule has 0 amide bonds. The summed E-state index contributed by atoms with van der Waals surface area (Å²) in [5.74, 6) is -1.06. The van der Waals surface area contributed by atoms with Crippen LogP contribution in [-0.2, 0) is 4.79 Å². The van der Waals surface area contributed by atoms with Crippen LogP contribution in [0.2, 0.25) is 5.02 Å². The van der Waals surface area contributed by atoms with Crippen molar-refractivity contribution in [3.63, 3.8) is 0 Å². The summed E-state index contributed by atoms with van der Waals surface area (Å²) in [6.07, 6.45) is -0.831. The molecule has 2 unspecified atom stereocenters. The maximum atomic E-state index is 10.6. The van der Waals surface area contributed by atoms with Gasteiger partial charge in [0.1, 0.15) is 11.9 Å². The van der Waals surface area contributed by atoms with E-state index >= 15 is 0 Å². The maximum Gasteiger partial charge on any atom is 0.360 e. The first-order valence-corrected chi connectivity index (χ1v) is 7.23. The molecule has 0 spiro atoms. The molecule has 2 aromatic rings. The van der Waals surface area contributed by atoms with Gasteiger partial charge in [0.25, 0.3) is 5.56 Å². The van der Waals surface area contributed by atoms with Crippen LogP contribution in [0.25, 0.3) is 0 Å². The van der Waals surface area contributed by atoms with Crippen molar-refractivity contribution in [1.82, 2.24) is 0 Å². The maximum absolute atomic E-state index is 10.6. The predicted octanol–water partition coefficient (Wildman–Crippen LogP) is 3.51. The van der Waals surface area contributed by atoms with E-state index < -0.39 is 17.6 Å². The molecule has 0 aliphatic rings. The van der Waals surface area contributed by atoms with Gasteiger partial charge < -0.3 is 14.9 Å². The zero-order chi connectivity index (χ0) is 14.7. The van der Waals surface area contributed by atoms with Crippen LogP contribution >= 0.6 is 34.5 Å². The number of hydrogen-bond acceptors (Lipinski definition) is 4. The summed E-state index contributed by atoms with van der Waals surface area (Å²) in [4.78, 5) is 11.4. The molecule has 106 valence electrons. The average Bonchev–Trinajstić information content (AvgIpc) is 2.91. The zero-order valence-electron chi connectivity index (χ0n) is 9.99. The van der Waals surface area contributed by atoms with Crippen molar-refractivity contribution in [1.29, 1.82) is 0 Å². The van der Waals surface area contributed by atoms with Crippen LogP contribution in [0, 0.1) is 0 Å². The normalized spacial score (nSPS) is 13.8. The SMILES string of the molecule is O=C(O)C(Cl)Oc1ccc(C(O)c2cccs2)c(Cl)c1. The van der Waals surface area contributed by atoms with Gasteiger partial charge in [-0.15, -0.1) is 11.3 Å². The molecule has 2 rings (SSSR count). The van der Waals surface area contributed by atoms with Crippen molar-refractivity contribution in [2.75, 3.05) is 0 Å². The number of thiophene rings is 1. The number of aliphatic hydroxyl groups is 1. The van der Waals surface area contributed by atoms with Crippen molar-refractivity contribution in [3.05, 3.63) is 51.2 Å². The first-order chi connectivity index (χ1) is 9.49. The van der Waals surface area contributed by atoms with Crippen molar-refractivity contribution in [2.45, 2.75) is 11.7 Å². The number of hydrogen-bond donors (Lipinski definition) is 2. The molecule has 7 heteroatoms. The van der Waals surface area contributed by atoms with E-state index in [0.717, 1.165) is 4.88 Å². The Labute approximate surface area is 129 Å². The highest BCUT2D eigenvalue weighted by Gasteiger charge is 2.18. The summed E-state index contributed by atoms with van der Waals surface area (Å²) >= 11 is 13.0. The Morgan fingerprint density at radius 2 is 2.10 bits per heavy atom. The van der Waals surface area contributed by atoms with Crippen LogP contribution in [0.4, 0.5) is 0 Å². The lowest BCUT2D eigenvalue weighted by Gasteiger charge is -2.13. The smallest absolute Gasteiger partial charge is 0.360 e. The summed E-state index contributed by atoms with van der Waals surface area (Å²) in [6, 6.07) is 8.14. The second kappa shape index (κ2) is 6.45. The highest BCUT2D eigenvalue weighted by Crippen LogP contribution is 2.33. The Kier molecular flexibility index (Phi) is 4.88. The van der Waals surface area contributed by atoms with Crippen LogP contribution < -0.4 is 4.74 Å². The number of carboxylic acid groups (broad SMARTS) is 1. The summed E-state index contributed by atoms with van der Waals surface area (Å²) < 4.78 is 4.98. The minimum absolute atomic E-state index is 0.222. The summed E-state index contributed by atoms with van der Waals surface area (Å²) in [5.41, 5.74) is -0.970. The van der Waals surface area contributed by atoms with Crippen molar-refractivity contribution >= 4 is 40.5 Å². The molecule has 2 N–H and O–H groups in total. The molecule has 0 saturated carbocycles. The molecule has 0 radical (unpaired) electrons. The van der Waals surface area contributed by atoms with Crippen molar-refractivity contribution in [3.8, 4) is 5.75 Å². The van der Waals surface area contributed by atoms with Gasteiger partial charge in [0, 0.05) is 10.4 Å². The van der Waals surface area contributed by atoms with Gasteiger partial charge in [0.2, 0.25) is 0 Å². The molecule has 0 saturated heterocycles. The average molecular weight is 333 g/mol. The Morgan fingerprint density at radius 3 is 2.65 bits per heavy atom. The molecule has 0 bridgehead atoms. The minimum Gasteiger partial charge on any atom is -0.478 e. The molecule has 0 aliphatic carbocycles. The fourth-order valence-corrected chi connectivity index (χ4v) is 2.68. The second-order valence-electron chi connectivity index (χ2n) is 3.87. The van der Waals surface area contributed by atoms with E-state index in [1.807, 2.05) is 11.4 Å². The monoisotopic (exact) mass is 332 g/mol. The van der Waals surface area contributed by atoms with Gasteiger partial charge in [0.15, 0.2) is 0 Å². The van der Waals surface area contributed by atoms with E-state index in [9.17, 15) is 9.90 Å². The number of alkyl halides is 1. The first kappa shape index (κ1) is 15.1. The van der Waals surface area contributed by atoms with Crippen LogP contribution in [-0.4, -0.2) is 21.7 Å². The third kappa shape index (κ3) is 3.43. The van der Waals surface area contributed by atoms with Gasteiger partial charge in [-0.3, -0.25) is 0 Å². The minimum atomic E-state index is -1.49. The van der Waals surface area contributed by atoms with Crippen LogP contribution in [0.1, 0.15) is 16.5 Å².